The summed E-state index contributed by atoms with van der Waals surface area (Å²) in [6.07, 6.45) is 9.05. The van der Waals surface area contributed by atoms with Gasteiger partial charge < -0.3 is 5.32 Å². The molecule has 0 aliphatic carbocycles. The van der Waals surface area contributed by atoms with Crippen molar-refractivity contribution in [1.29, 1.82) is 0 Å². The van der Waals surface area contributed by atoms with Crippen LogP contribution in [-0.4, -0.2) is 18.4 Å². The van der Waals surface area contributed by atoms with Crippen molar-refractivity contribution in [3.8, 4) is 0 Å². The average Bonchev–Trinajstić information content (AvgIpc) is 2.20. The zero-order valence-corrected chi connectivity index (χ0v) is 9.68. The van der Waals surface area contributed by atoms with E-state index in [1.54, 1.807) is 0 Å². The summed E-state index contributed by atoms with van der Waals surface area (Å²) in [5.74, 6) is 1.25. The van der Waals surface area contributed by atoms with E-state index in [2.05, 4.69) is 24.2 Å². The Morgan fingerprint density at radius 2 is 2.21 bits per heavy atom. The molecule has 14 heavy (non-hydrogen) atoms. The Kier molecular flexibility index (Phi) is 5.65. The van der Waals surface area contributed by atoms with Crippen LogP contribution in [0.5, 0.6) is 0 Å². The van der Waals surface area contributed by atoms with Crippen LogP contribution < -0.4 is 5.32 Å². The highest BCUT2D eigenvalue weighted by molar-refractivity contribution is 5.82. The van der Waals surface area contributed by atoms with Crippen LogP contribution in [0.2, 0.25) is 0 Å². The van der Waals surface area contributed by atoms with Crippen molar-refractivity contribution in [1.82, 2.24) is 5.32 Å². The smallest absolute Gasteiger partial charge is 0.0965 e. The first-order valence-electron chi connectivity index (χ1n) is 6.12. The summed E-state index contributed by atoms with van der Waals surface area (Å²) in [7, 11) is 0. The lowest BCUT2D eigenvalue weighted by molar-refractivity contribution is 0.544. The molecule has 0 aromatic rings. The molecule has 1 heterocycles. The van der Waals surface area contributed by atoms with Gasteiger partial charge in [-0.3, -0.25) is 4.99 Å². The topological polar surface area (TPSA) is 24.4 Å². The van der Waals surface area contributed by atoms with E-state index < -0.39 is 0 Å². The highest BCUT2D eigenvalue weighted by Gasteiger charge is 2.07. The monoisotopic (exact) mass is 196 g/mol. The highest BCUT2D eigenvalue weighted by Crippen LogP contribution is 2.07. The van der Waals surface area contributed by atoms with E-state index in [4.69, 9.17) is 0 Å². The van der Waals surface area contributed by atoms with Gasteiger partial charge in [-0.05, 0) is 26.2 Å². The quantitative estimate of drug-likeness (QED) is 0.671. The Hall–Kier alpha value is -0.530. The summed E-state index contributed by atoms with van der Waals surface area (Å²) in [5, 5.41) is 3.53. The van der Waals surface area contributed by atoms with Crippen molar-refractivity contribution >= 4 is 5.84 Å². The third kappa shape index (κ3) is 4.64. The largest absolute Gasteiger partial charge is 0.371 e. The van der Waals surface area contributed by atoms with Crippen molar-refractivity contribution < 1.29 is 0 Å². The van der Waals surface area contributed by atoms with Crippen LogP contribution in [0.3, 0.4) is 0 Å². The predicted molar refractivity (Wildman–Crippen MR) is 62.9 cm³/mol. The van der Waals surface area contributed by atoms with Gasteiger partial charge >= 0.3 is 0 Å². The van der Waals surface area contributed by atoms with E-state index >= 15 is 0 Å². The fourth-order valence-corrected chi connectivity index (χ4v) is 1.87. The lowest BCUT2D eigenvalue weighted by atomic mass is 10.1. The molecule has 0 fully saturated rings. The number of hydrogen-bond donors (Lipinski definition) is 1. The number of aliphatic imine (C=N–C) groups is 1. The van der Waals surface area contributed by atoms with E-state index in [9.17, 15) is 0 Å². The molecule has 0 aromatic heterocycles. The Bertz CT molecular complexity index is 175. The van der Waals surface area contributed by atoms with Gasteiger partial charge in [0.2, 0.25) is 0 Å². The molecule has 1 atom stereocenters. The SMILES string of the molecule is CCCCCC(C)NC1=NCCCC1. The minimum absolute atomic E-state index is 0.610. The van der Waals surface area contributed by atoms with E-state index in [1.165, 1.54) is 44.4 Å². The van der Waals surface area contributed by atoms with Gasteiger partial charge in [-0.15, -0.1) is 0 Å². The number of unbranched alkanes of at least 4 members (excludes halogenated alkanes) is 2. The van der Waals surface area contributed by atoms with Gasteiger partial charge in [0.25, 0.3) is 0 Å². The molecule has 2 heteroatoms. The van der Waals surface area contributed by atoms with Crippen LogP contribution in [0, 0.1) is 0 Å². The van der Waals surface area contributed by atoms with Gasteiger partial charge in [0.05, 0.1) is 5.84 Å². The average molecular weight is 196 g/mol. The maximum atomic E-state index is 4.50. The van der Waals surface area contributed by atoms with E-state index in [0.717, 1.165) is 13.0 Å². The Morgan fingerprint density at radius 3 is 2.86 bits per heavy atom. The summed E-state index contributed by atoms with van der Waals surface area (Å²) in [5.41, 5.74) is 0. The second-order valence-electron chi connectivity index (χ2n) is 4.33. The van der Waals surface area contributed by atoms with Crippen molar-refractivity contribution in [2.75, 3.05) is 6.54 Å². The van der Waals surface area contributed by atoms with Crippen molar-refractivity contribution in [2.45, 2.75) is 64.8 Å². The zero-order chi connectivity index (χ0) is 10.2. The molecule has 1 unspecified atom stereocenters. The zero-order valence-electron chi connectivity index (χ0n) is 9.68. The van der Waals surface area contributed by atoms with Gasteiger partial charge in [0.15, 0.2) is 0 Å². The van der Waals surface area contributed by atoms with Crippen LogP contribution >= 0.6 is 0 Å². The third-order valence-electron chi connectivity index (χ3n) is 2.78. The molecular formula is C12H24N2. The number of nitrogens with zero attached hydrogens (tertiary/aromatic N) is 1. The molecule has 0 saturated carbocycles. The van der Waals surface area contributed by atoms with Gasteiger partial charge in [0.1, 0.15) is 0 Å². The molecule has 82 valence electrons. The first-order chi connectivity index (χ1) is 6.83. The van der Waals surface area contributed by atoms with E-state index in [1.807, 2.05) is 0 Å². The lowest BCUT2D eigenvalue weighted by Crippen LogP contribution is -2.33. The number of hydrogen-bond acceptors (Lipinski definition) is 2. The molecule has 1 N–H and O–H groups in total. The Morgan fingerprint density at radius 1 is 1.36 bits per heavy atom. The van der Waals surface area contributed by atoms with Crippen LogP contribution in [0.4, 0.5) is 0 Å². The second kappa shape index (κ2) is 6.86. The molecule has 1 aliphatic heterocycles. The van der Waals surface area contributed by atoms with Crippen LogP contribution in [0.1, 0.15) is 58.8 Å². The number of amidine groups is 1. The summed E-state index contributed by atoms with van der Waals surface area (Å²) in [6, 6.07) is 0.610. The Balaban J connectivity index is 2.12. The maximum absolute atomic E-state index is 4.50. The first-order valence-corrected chi connectivity index (χ1v) is 6.12. The number of rotatable bonds is 5. The van der Waals surface area contributed by atoms with Crippen LogP contribution in [-0.2, 0) is 0 Å². The number of nitrogens with one attached hydrogen (secondary N) is 1. The molecule has 0 saturated heterocycles. The molecule has 0 spiro atoms. The van der Waals surface area contributed by atoms with Gasteiger partial charge in [0, 0.05) is 19.0 Å². The molecule has 0 aromatic carbocycles. The van der Waals surface area contributed by atoms with E-state index in [0.29, 0.717) is 6.04 Å². The minimum atomic E-state index is 0.610. The Labute approximate surface area is 88.2 Å². The summed E-state index contributed by atoms with van der Waals surface area (Å²) in [6.45, 7) is 5.56. The van der Waals surface area contributed by atoms with Gasteiger partial charge in [-0.1, -0.05) is 26.2 Å². The minimum Gasteiger partial charge on any atom is -0.371 e. The lowest BCUT2D eigenvalue weighted by Gasteiger charge is -2.19. The van der Waals surface area contributed by atoms with Crippen molar-refractivity contribution in [2.24, 2.45) is 4.99 Å². The summed E-state index contributed by atoms with van der Waals surface area (Å²) in [4.78, 5) is 4.50. The molecule has 0 bridgehead atoms. The molecule has 2 nitrogen and oxygen atoms in total. The summed E-state index contributed by atoms with van der Waals surface area (Å²) >= 11 is 0. The highest BCUT2D eigenvalue weighted by atomic mass is 15.0. The molecule has 1 aliphatic rings. The predicted octanol–water partition coefficient (Wildman–Crippen LogP) is 3.13. The van der Waals surface area contributed by atoms with Gasteiger partial charge in [-0.25, -0.2) is 0 Å². The second-order valence-corrected chi connectivity index (χ2v) is 4.33. The fraction of sp³-hybridized carbons (Fsp3) is 0.917. The van der Waals surface area contributed by atoms with E-state index in [-0.39, 0.29) is 0 Å². The molecular weight excluding hydrogens is 172 g/mol. The molecule has 1 rings (SSSR count). The standard InChI is InChI=1S/C12H24N2/c1-3-4-5-8-11(2)14-12-9-6-7-10-13-12/h11H,3-10H2,1-2H3,(H,13,14). The summed E-state index contributed by atoms with van der Waals surface area (Å²) < 4.78 is 0. The van der Waals surface area contributed by atoms with Crippen LogP contribution in [0.25, 0.3) is 0 Å². The third-order valence-corrected chi connectivity index (χ3v) is 2.78. The normalized spacial score (nSPS) is 18.9. The maximum Gasteiger partial charge on any atom is 0.0965 e. The van der Waals surface area contributed by atoms with Crippen LogP contribution in [0.15, 0.2) is 4.99 Å². The molecule has 0 amide bonds. The van der Waals surface area contributed by atoms with Gasteiger partial charge in [-0.2, -0.15) is 0 Å². The fourth-order valence-electron chi connectivity index (χ4n) is 1.87. The van der Waals surface area contributed by atoms with Crippen molar-refractivity contribution in [3.63, 3.8) is 0 Å². The molecule has 0 radical (unpaired) electrons. The first kappa shape index (κ1) is 11.5. The van der Waals surface area contributed by atoms with Crippen molar-refractivity contribution in [3.05, 3.63) is 0 Å².